The topological polar surface area (TPSA) is 0 Å². The average Bonchev–Trinajstić information content (AvgIpc) is 2.61. The van der Waals surface area contributed by atoms with Gasteiger partial charge in [0.05, 0.1) is 8.61 Å². The Morgan fingerprint density at radius 1 is 1.35 bits per heavy atom. The van der Waals surface area contributed by atoms with Gasteiger partial charge in [0, 0.05) is 10.8 Å². The van der Waals surface area contributed by atoms with Crippen LogP contribution in [0.2, 0.25) is 0 Å². The Balaban J connectivity index is 1.88. The van der Waals surface area contributed by atoms with E-state index in [1.807, 2.05) is 11.3 Å². The smallest absolute Gasteiger partial charge is 0.0730 e. The fraction of sp³-hybridized carbons (Fsp3) is 0.286. The van der Waals surface area contributed by atoms with Crippen LogP contribution in [0.5, 0.6) is 0 Å². The molecule has 88 valence electrons. The van der Waals surface area contributed by atoms with Crippen LogP contribution in [0.4, 0.5) is 0 Å². The standard InChI is InChI=1S/C14H12Br2S/c1-8-6-12(17-14(8)16)13(15)11-7-9-4-2-3-5-10(9)11/h2-6,11,13H,7H2,1H3. The monoisotopic (exact) mass is 370 g/mol. The minimum absolute atomic E-state index is 0.451. The molecule has 1 aliphatic rings. The molecule has 2 aromatic rings. The van der Waals surface area contributed by atoms with Crippen molar-refractivity contribution >= 4 is 43.2 Å². The largest absolute Gasteiger partial charge is 0.132 e. The zero-order valence-electron chi connectivity index (χ0n) is 9.41. The van der Waals surface area contributed by atoms with E-state index in [0.29, 0.717) is 10.7 Å². The maximum Gasteiger partial charge on any atom is 0.0730 e. The molecule has 1 heterocycles. The predicted octanol–water partition coefficient (Wildman–Crippen LogP) is 5.59. The second-order valence-corrected chi connectivity index (χ2v) is 7.90. The van der Waals surface area contributed by atoms with Gasteiger partial charge in [-0.1, -0.05) is 40.2 Å². The van der Waals surface area contributed by atoms with Crippen molar-refractivity contribution in [3.8, 4) is 0 Å². The summed E-state index contributed by atoms with van der Waals surface area (Å²) in [6, 6.07) is 11.0. The lowest BCUT2D eigenvalue weighted by Crippen LogP contribution is -2.20. The third kappa shape index (κ3) is 2.02. The van der Waals surface area contributed by atoms with Crippen molar-refractivity contribution in [2.75, 3.05) is 0 Å². The highest BCUT2D eigenvalue weighted by molar-refractivity contribution is 9.11. The molecule has 0 amide bonds. The fourth-order valence-electron chi connectivity index (χ4n) is 2.38. The van der Waals surface area contributed by atoms with E-state index in [1.54, 1.807) is 0 Å². The molecule has 17 heavy (non-hydrogen) atoms. The molecule has 0 bridgehead atoms. The summed E-state index contributed by atoms with van der Waals surface area (Å²) in [6.07, 6.45) is 1.20. The molecule has 0 aliphatic heterocycles. The van der Waals surface area contributed by atoms with E-state index in [1.165, 1.54) is 31.8 Å². The summed E-state index contributed by atoms with van der Waals surface area (Å²) in [5.74, 6) is 0.635. The Labute approximate surface area is 122 Å². The first-order valence-corrected chi connectivity index (χ1v) is 8.17. The van der Waals surface area contributed by atoms with Gasteiger partial charge in [0.15, 0.2) is 0 Å². The number of rotatable bonds is 2. The van der Waals surface area contributed by atoms with Crippen molar-refractivity contribution < 1.29 is 0 Å². The number of thiophene rings is 1. The van der Waals surface area contributed by atoms with Crippen molar-refractivity contribution in [2.45, 2.75) is 24.1 Å². The van der Waals surface area contributed by atoms with Gasteiger partial charge in [0.2, 0.25) is 0 Å². The van der Waals surface area contributed by atoms with Crippen molar-refractivity contribution in [3.05, 3.63) is 55.7 Å². The van der Waals surface area contributed by atoms with Crippen LogP contribution in [-0.2, 0) is 6.42 Å². The third-order valence-electron chi connectivity index (χ3n) is 3.40. The van der Waals surface area contributed by atoms with Crippen LogP contribution in [-0.4, -0.2) is 0 Å². The highest BCUT2D eigenvalue weighted by Gasteiger charge is 2.33. The van der Waals surface area contributed by atoms with E-state index in [2.05, 4.69) is 69.1 Å². The first-order valence-electron chi connectivity index (χ1n) is 5.64. The highest BCUT2D eigenvalue weighted by Crippen LogP contribution is 2.50. The Morgan fingerprint density at radius 2 is 2.12 bits per heavy atom. The van der Waals surface area contributed by atoms with Crippen molar-refractivity contribution in [1.29, 1.82) is 0 Å². The van der Waals surface area contributed by atoms with Crippen LogP contribution >= 0.6 is 43.2 Å². The Hall–Kier alpha value is -0.120. The Kier molecular flexibility index (Phi) is 3.18. The van der Waals surface area contributed by atoms with Gasteiger partial charge in [-0.2, -0.15) is 0 Å². The summed E-state index contributed by atoms with van der Waals surface area (Å²) >= 11 is 9.32. The van der Waals surface area contributed by atoms with Gasteiger partial charge >= 0.3 is 0 Å². The average molecular weight is 372 g/mol. The summed E-state index contributed by atoms with van der Waals surface area (Å²) in [5.41, 5.74) is 4.35. The van der Waals surface area contributed by atoms with Crippen LogP contribution in [0, 0.1) is 6.92 Å². The maximum absolute atomic E-state index is 3.87. The molecule has 0 spiro atoms. The molecule has 0 fully saturated rings. The van der Waals surface area contributed by atoms with Crippen LogP contribution in [0.3, 0.4) is 0 Å². The van der Waals surface area contributed by atoms with Gasteiger partial charge < -0.3 is 0 Å². The molecule has 0 saturated heterocycles. The molecule has 0 N–H and O–H groups in total. The van der Waals surface area contributed by atoms with Crippen molar-refractivity contribution in [1.82, 2.24) is 0 Å². The summed E-state index contributed by atoms with van der Waals surface area (Å²) in [7, 11) is 0. The van der Waals surface area contributed by atoms with E-state index < -0.39 is 0 Å². The number of aryl methyl sites for hydroxylation is 1. The number of fused-ring (bicyclic) bond motifs is 1. The summed E-state index contributed by atoms with van der Waals surface area (Å²) < 4.78 is 1.25. The molecular formula is C14H12Br2S. The molecule has 1 aromatic heterocycles. The molecule has 1 aliphatic carbocycles. The minimum Gasteiger partial charge on any atom is -0.132 e. The number of halogens is 2. The van der Waals surface area contributed by atoms with E-state index in [4.69, 9.17) is 0 Å². The first kappa shape index (κ1) is 11.9. The maximum atomic E-state index is 3.87. The fourth-order valence-corrected chi connectivity index (χ4v) is 4.88. The van der Waals surface area contributed by atoms with Crippen LogP contribution < -0.4 is 0 Å². The molecule has 0 saturated carbocycles. The van der Waals surface area contributed by atoms with E-state index in [9.17, 15) is 0 Å². The van der Waals surface area contributed by atoms with Gasteiger partial charge in [-0.05, 0) is 52.0 Å². The minimum atomic E-state index is 0.451. The van der Waals surface area contributed by atoms with Crippen molar-refractivity contribution in [3.63, 3.8) is 0 Å². The van der Waals surface area contributed by atoms with E-state index in [-0.39, 0.29) is 0 Å². The second kappa shape index (κ2) is 4.52. The zero-order valence-corrected chi connectivity index (χ0v) is 13.4. The number of hydrogen-bond donors (Lipinski definition) is 0. The molecule has 0 radical (unpaired) electrons. The molecular weight excluding hydrogens is 360 g/mol. The zero-order chi connectivity index (χ0) is 12.0. The predicted molar refractivity (Wildman–Crippen MR) is 81.3 cm³/mol. The van der Waals surface area contributed by atoms with E-state index in [0.717, 1.165) is 0 Å². The number of hydrogen-bond acceptors (Lipinski definition) is 1. The molecule has 2 unspecified atom stereocenters. The molecule has 3 heteroatoms. The quantitative estimate of drug-likeness (QED) is 0.603. The number of alkyl halides is 1. The van der Waals surface area contributed by atoms with E-state index >= 15 is 0 Å². The van der Waals surface area contributed by atoms with Crippen molar-refractivity contribution in [2.24, 2.45) is 0 Å². The first-order chi connectivity index (χ1) is 8.16. The summed E-state index contributed by atoms with van der Waals surface area (Å²) in [4.78, 5) is 1.88. The van der Waals surface area contributed by atoms with Gasteiger partial charge in [-0.15, -0.1) is 11.3 Å². The summed E-state index contributed by atoms with van der Waals surface area (Å²) in [6.45, 7) is 2.15. The SMILES string of the molecule is Cc1cc(C(Br)C2Cc3ccccc32)sc1Br. The van der Waals surface area contributed by atoms with Crippen LogP contribution in [0.25, 0.3) is 0 Å². The highest BCUT2D eigenvalue weighted by atomic mass is 79.9. The molecule has 1 aromatic carbocycles. The van der Waals surface area contributed by atoms with Gasteiger partial charge in [-0.25, -0.2) is 0 Å². The number of benzene rings is 1. The van der Waals surface area contributed by atoms with Gasteiger partial charge in [0.1, 0.15) is 0 Å². The normalized spacial score (nSPS) is 19.6. The van der Waals surface area contributed by atoms with Crippen LogP contribution in [0.1, 0.15) is 32.3 Å². The summed E-state index contributed by atoms with van der Waals surface area (Å²) in [5, 5.41) is 0. The molecule has 0 nitrogen and oxygen atoms in total. The van der Waals surface area contributed by atoms with Gasteiger partial charge in [-0.3, -0.25) is 0 Å². The molecule has 2 atom stereocenters. The lowest BCUT2D eigenvalue weighted by molar-refractivity contribution is 0.605. The van der Waals surface area contributed by atoms with Crippen LogP contribution in [0.15, 0.2) is 34.1 Å². The Morgan fingerprint density at radius 3 is 2.76 bits per heavy atom. The second-order valence-electron chi connectivity index (χ2n) is 4.52. The lowest BCUT2D eigenvalue weighted by atomic mass is 9.75. The van der Waals surface area contributed by atoms with Gasteiger partial charge in [0.25, 0.3) is 0 Å². The third-order valence-corrected chi connectivity index (χ3v) is 7.05. The Bertz CT molecular complexity index is 540. The lowest BCUT2D eigenvalue weighted by Gasteiger charge is -2.33. The molecule has 3 rings (SSSR count).